The minimum atomic E-state index is -0.497. The van der Waals surface area contributed by atoms with Crippen molar-refractivity contribution in [3.63, 3.8) is 0 Å². The summed E-state index contributed by atoms with van der Waals surface area (Å²) in [6.07, 6.45) is 0.0291. The molecule has 0 fully saturated rings. The van der Waals surface area contributed by atoms with Crippen LogP contribution in [0.25, 0.3) is 0 Å². The van der Waals surface area contributed by atoms with Gasteiger partial charge >= 0.3 is 0 Å². The molecule has 1 aliphatic rings. The highest BCUT2D eigenvalue weighted by atomic mass is 32.2. The van der Waals surface area contributed by atoms with Crippen LogP contribution in [0, 0.1) is 5.82 Å². The molecule has 1 atom stereocenters. The van der Waals surface area contributed by atoms with E-state index >= 15 is 0 Å². The van der Waals surface area contributed by atoms with E-state index in [1.54, 1.807) is 6.07 Å². The van der Waals surface area contributed by atoms with Crippen molar-refractivity contribution in [2.24, 2.45) is 0 Å². The average molecular weight is 316 g/mol. The lowest BCUT2D eigenvalue weighted by molar-refractivity contribution is -0.120. The quantitative estimate of drug-likeness (QED) is 0.914. The van der Waals surface area contributed by atoms with Crippen LogP contribution < -0.4 is 10.6 Å². The second-order valence-electron chi connectivity index (χ2n) is 4.85. The van der Waals surface area contributed by atoms with E-state index in [0.717, 1.165) is 10.6 Å². The van der Waals surface area contributed by atoms with Crippen molar-refractivity contribution in [2.75, 3.05) is 10.6 Å². The number of carbonyl (C=O) groups is 2. The molecule has 6 heteroatoms. The van der Waals surface area contributed by atoms with E-state index in [9.17, 15) is 14.0 Å². The third-order valence-corrected chi connectivity index (χ3v) is 4.46. The number of anilines is 2. The molecule has 2 aromatic rings. The first-order valence-corrected chi connectivity index (χ1v) is 7.62. The van der Waals surface area contributed by atoms with Gasteiger partial charge in [0.15, 0.2) is 0 Å². The van der Waals surface area contributed by atoms with Gasteiger partial charge in [0, 0.05) is 17.0 Å². The first-order chi connectivity index (χ1) is 10.6. The molecule has 22 heavy (non-hydrogen) atoms. The Labute approximate surface area is 131 Å². The Morgan fingerprint density at radius 2 is 2.05 bits per heavy atom. The predicted molar refractivity (Wildman–Crippen MR) is 84.4 cm³/mol. The van der Waals surface area contributed by atoms with Gasteiger partial charge in [-0.15, -0.1) is 11.8 Å². The van der Waals surface area contributed by atoms with Gasteiger partial charge in [-0.25, -0.2) is 4.39 Å². The lowest BCUT2D eigenvalue weighted by Gasteiger charge is -2.23. The fraction of sp³-hybridized carbons (Fsp3) is 0.125. The Balaban J connectivity index is 1.66. The summed E-state index contributed by atoms with van der Waals surface area (Å²) in [6, 6.07) is 13.1. The number of hydrogen-bond acceptors (Lipinski definition) is 3. The molecule has 4 nitrogen and oxygen atoms in total. The van der Waals surface area contributed by atoms with E-state index < -0.39 is 11.1 Å². The number of benzene rings is 2. The van der Waals surface area contributed by atoms with Gasteiger partial charge in [-0.1, -0.05) is 18.2 Å². The van der Waals surface area contributed by atoms with Crippen LogP contribution in [-0.2, 0) is 9.59 Å². The highest BCUT2D eigenvalue weighted by Crippen LogP contribution is 2.36. The molecule has 3 rings (SSSR count). The second kappa shape index (κ2) is 6.19. The molecule has 2 N–H and O–H groups in total. The summed E-state index contributed by atoms with van der Waals surface area (Å²) in [4.78, 5) is 25.0. The van der Waals surface area contributed by atoms with Gasteiger partial charge in [0.1, 0.15) is 5.82 Å². The largest absolute Gasteiger partial charge is 0.326 e. The monoisotopic (exact) mass is 316 g/mol. The highest BCUT2D eigenvalue weighted by Gasteiger charge is 2.28. The van der Waals surface area contributed by atoms with Gasteiger partial charge in [0.05, 0.1) is 10.9 Å². The smallest absolute Gasteiger partial charge is 0.238 e. The maximum Gasteiger partial charge on any atom is 0.238 e. The van der Waals surface area contributed by atoms with Crippen LogP contribution in [0.4, 0.5) is 15.8 Å². The molecule has 1 aliphatic heterocycles. The molecule has 0 unspecified atom stereocenters. The standard InChI is InChI=1S/C16H13FN2O2S/c17-10-4-3-5-11(8-10)18-15(20)9-14-16(21)19-12-6-1-2-7-13(12)22-14/h1-8,14H,9H2,(H,18,20)(H,19,21)/t14-/m1/s1. The Hall–Kier alpha value is -2.34. The third kappa shape index (κ3) is 3.28. The lowest BCUT2D eigenvalue weighted by atomic mass is 10.2. The first kappa shape index (κ1) is 14.6. The fourth-order valence-corrected chi connectivity index (χ4v) is 3.28. The fourth-order valence-electron chi connectivity index (χ4n) is 2.17. The van der Waals surface area contributed by atoms with Crippen molar-refractivity contribution in [2.45, 2.75) is 16.6 Å². The van der Waals surface area contributed by atoms with Gasteiger partial charge in [-0.05, 0) is 30.3 Å². The summed E-state index contributed by atoms with van der Waals surface area (Å²) in [7, 11) is 0. The summed E-state index contributed by atoms with van der Waals surface area (Å²) in [6.45, 7) is 0. The predicted octanol–water partition coefficient (Wildman–Crippen LogP) is 3.27. The summed E-state index contributed by atoms with van der Waals surface area (Å²) in [5, 5.41) is 4.89. The molecule has 1 heterocycles. The Bertz CT molecular complexity index is 736. The molecule has 0 aromatic heterocycles. The molecule has 112 valence electrons. The van der Waals surface area contributed by atoms with Crippen molar-refractivity contribution < 1.29 is 14.0 Å². The number of carbonyl (C=O) groups excluding carboxylic acids is 2. The molecule has 0 saturated carbocycles. The maximum absolute atomic E-state index is 13.1. The van der Waals surface area contributed by atoms with Crippen molar-refractivity contribution >= 4 is 35.0 Å². The summed E-state index contributed by atoms with van der Waals surface area (Å²) in [5.41, 5.74) is 1.14. The van der Waals surface area contributed by atoms with E-state index in [2.05, 4.69) is 10.6 Å². The molecule has 2 amide bonds. The molecule has 2 aromatic carbocycles. The number of para-hydroxylation sites is 1. The minimum absolute atomic E-state index is 0.0291. The van der Waals surface area contributed by atoms with Crippen molar-refractivity contribution in [1.82, 2.24) is 0 Å². The zero-order valence-electron chi connectivity index (χ0n) is 11.5. The number of nitrogens with one attached hydrogen (secondary N) is 2. The summed E-state index contributed by atoms with van der Waals surface area (Å²) in [5.74, 6) is -0.938. The van der Waals surface area contributed by atoms with Gasteiger partial charge in [0.2, 0.25) is 11.8 Å². The number of fused-ring (bicyclic) bond motifs is 1. The van der Waals surface area contributed by atoms with Crippen LogP contribution in [0.15, 0.2) is 53.4 Å². The van der Waals surface area contributed by atoms with Gasteiger partial charge in [0.25, 0.3) is 0 Å². The normalized spacial score (nSPS) is 16.6. The maximum atomic E-state index is 13.1. The average Bonchev–Trinajstić information content (AvgIpc) is 2.48. The van der Waals surface area contributed by atoms with E-state index in [-0.39, 0.29) is 18.2 Å². The number of thioether (sulfide) groups is 1. The van der Waals surface area contributed by atoms with Gasteiger partial charge in [-0.3, -0.25) is 9.59 Å². The zero-order valence-corrected chi connectivity index (χ0v) is 12.3. The Kier molecular flexibility index (Phi) is 4.11. The summed E-state index contributed by atoms with van der Waals surface area (Å²) < 4.78 is 13.1. The van der Waals surface area contributed by atoms with Crippen LogP contribution in [0.5, 0.6) is 0 Å². The highest BCUT2D eigenvalue weighted by molar-refractivity contribution is 8.01. The summed E-state index contributed by atoms with van der Waals surface area (Å²) >= 11 is 1.36. The molecule has 0 bridgehead atoms. The Morgan fingerprint density at radius 1 is 1.23 bits per heavy atom. The van der Waals surface area contributed by atoms with Gasteiger partial charge in [-0.2, -0.15) is 0 Å². The third-order valence-electron chi connectivity index (χ3n) is 3.19. The second-order valence-corrected chi connectivity index (χ2v) is 6.10. The molecular formula is C16H13FN2O2S. The van der Waals surface area contributed by atoms with Crippen molar-refractivity contribution in [1.29, 1.82) is 0 Å². The number of halogens is 1. The lowest BCUT2D eigenvalue weighted by Crippen LogP contribution is -2.32. The van der Waals surface area contributed by atoms with Crippen LogP contribution in [0.2, 0.25) is 0 Å². The molecular weight excluding hydrogens is 303 g/mol. The Morgan fingerprint density at radius 3 is 2.86 bits per heavy atom. The van der Waals surface area contributed by atoms with E-state index in [4.69, 9.17) is 0 Å². The SMILES string of the molecule is O=C(C[C@H]1Sc2ccccc2NC1=O)Nc1cccc(F)c1. The van der Waals surface area contributed by atoms with Crippen molar-refractivity contribution in [3.05, 3.63) is 54.3 Å². The minimum Gasteiger partial charge on any atom is -0.326 e. The molecule has 0 saturated heterocycles. The molecule has 0 spiro atoms. The molecule has 0 radical (unpaired) electrons. The zero-order chi connectivity index (χ0) is 15.5. The molecule has 0 aliphatic carbocycles. The van der Waals surface area contributed by atoms with Crippen LogP contribution >= 0.6 is 11.8 Å². The van der Waals surface area contributed by atoms with Crippen LogP contribution in [0.1, 0.15) is 6.42 Å². The topological polar surface area (TPSA) is 58.2 Å². The van der Waals surface area contributed by atoms with E-state index in [1.807, 2.05) is 24.3 Å². The van der Waals surface area contributed by atoms with E-state index in [0.29, 0.717) is 5.69 Å². The number of hydrogen-bond donors (Lipinski definition) is 2. The number of rotatable bonds is 3. The number of amides is 2. The van der Waals surface area contributed by atoms with Crippen LogP contribution in [-0.4, -0.2) is 17.1 Å². The van der Waals surface area contributed by atoms with Crippen molar-refractivity contribution in [3.8, 4) is 0 Å². The van der Waals surface area contributed by atoms with Crippen LogP contribution in [0.3, 0.4) is 0 Å². The van der Waals surface area contributed by atoms with Gasteiger partial charge < -0.3 is 10.6 Å². The van der Waals surface area contributed by atoms with E-state index in [1.165, 1.54) is 30.0 Å². The first-order valence-electron chi connectivity index (χ1n) is 6.74.